The van der Waals surface area contributed by atoms with Crippen molar-refractivity contribution in [2.75, 3.05) is 5.73 Å². The molecule has 1 heterocycles. The van der Waals surface area contributed by atoms with Crippen LogP contribution in [0.2, 0.25) is 0 Å². The standard InChI is InChI=1S/C4H8BN3S/c1-2-3(6)7-8-4(2)9-5/h5H2,1H3,(H3,6,7,8). The molecule has 1 aromatic rings. The van der Waals surface area contributed by atoms with E-state index in [1.165, 1.54) is 0 Å². The highest BCUT2D eigenvalue weighted by atomic mass is 32.2. The lowest BCUT2D eigenvalue weighted by molar-refractivity contribution is 1.00. The fourth-order valence-electron chi connectivity index (χ4n) is 0.593. The van der Waals surface area contributed by atoms with Crippen molar-refractivity contribution in [1.29, 1.82) is 0 Å². The first-order valence-corrected chi connectivity index (χ1v) is 3.82. The summed E-state index contributed by atoms with van der Waals surface area (Å²) in [6, 6.07) is 0. The fraction of sp³-hybridized carbons (Fsp3) is 0.250. The molecule has 0 amide bonds. The van der Waals surface area contributed by atoms with Gasteiger partial charge in [-0.2, -0.15) is 16.7 Å². The minimum absolute atomic E-state index is 0.666. The lowest BCUT2D eigenvalue weighted by Gasteiger charge is -1.88. The van der Waals surface area contributed by atoms with E-state index in [-0.39, 0.29) is 0 Å². The van der Waals surface area contributed by atoms with Crippen LogP contribution in [0.15, 0.2) is 5.03 Å². The van der Waals surface area contributed by atoms with Crippen molar-refractivity contribution in [2.24, 2.45) is 0 Å². The maximum atomic E-state index is 5.48. The highest BCUT2D eigenvalue weighted by Crippen LogP contribution is 2.19. The molecule has 48 valence electrons. The summed E-state index contributed by atoms with van der Waals surface area (Å²) in [5, 5.41) is 7.62. The van der Waals surface area contributed by atoms with Crippen molar-refractivity contribution in [2.45, 2.75) is 11.9 Å². The number of nitrogen functional groups attached to an aromatic ring is 1. The number of hydrogen-bond donors (Lipinski definition) is 2. The summed E-state index contributed by atoms with van der Waals surface area (Å²) >= 11 is 1.59. The smallest absolute Gasteiger partial charge is 0.182 e. The Hall–Kier alpha value is -0.575. The van der Waals surface area contributed by atoms with Gasteiger partial charge in [0.1, 0.15) is 10.8 Å². The Labute approximate surface area is 58.7 Å². The van der Waals surface area contributed by atoms with Crippen LogP contribution in [0.1, 0.15) is 5.56 Å². The van der Waals surface area contributed by atoms with E-state index in [1.807, 2.05) is 14.0 Å². The Morgan fingerprint density at radius 3 is 2.67 bits per heavy atom. The molecule has 0 aliphatic carbocycles. The summed E-state index contributed by atoms with van der Waals surface area (Å²) in [7, 11) is 1.97. The van der Waals surface area contributed by atoms with Crippen LogP contribution in [0, 0.1) is 6.92 Å². The van der Waals surface area contributed by atoms with Gasteiger partial charge in [-0.1, -0.05) is 0 Å². The molecule has 0 aliphatic rings. The summed E-state index contributed by atoms with van der Waals surface area (Å²) in [4.78, 5) is 0. The van der Waals surface area contributed by atoms with Gasteiger partial charge in [-0.15, -0.1) is 0 Å². The van der Waals surface area contributed by atoms with Gasteiger partial charge in [0, 0.05) is 5.56 Å². The minimum Gasteiger partial charge on any atom is -0.384 e. The number of rotatable bonds is 1. The summed E-state index contributed by atoms with van der Waals surface area (Å²) in [5.74, 6) is 0.666. The summed E-state index contributed by atoms with van der Waals surface area (Å²) in [6.45, 7) is 1.95. The third-order valence-electron chi connectivity index (χ3n) is 1.20. The van der Waals surface area contributed by atoms with Crippen LogP contribution in [0.5, 0.6) is 0 Å². The molecule has 1 aromatic heterocycles. The van der Waals surface area contributed by atoms with E-state index in [4.69, 9.17) is 5.73 Å². The van der Waals surface area contributed by atoms with Crippen LogP contribution in [0.4, 0.5) is 5.82 Å². The van der Waals surface area contributed by atoms with Crippen LogP contribution in [0.3, 0.4) is 0 Å². The minimum atomic E-state index is 0.666. The first-order chi connectivity index (χ1) is 4.25. The van der Waals surface area contributed by atoms with E-state index in [0.717, 1.165) is 10.6 Å². The second-order valence-electron chi connectivity index (χ2n) is 1.77. The number of hydrogen-bond acceptors (Lipinski definition) is 3. The molecule has 0 saturated heterocycles. The van der Waals surface area contributed by atoms with Gasteiger partial charge in [0.05, 0.1) is 0 Å². The van der Waals surface area contributed by atoms with Gasteiger partial charge in [0.2, 0.25) is 0 Å². The van der Waals surface area contributed by atoms with Crippen molar-refractivity contribution >= 4 is 24.6 Å². The molecule has 3 nitrogen and oxygen atoms in total. The van der Waals surface area contributed by atoms with Gasteiger partial charge in [0.25, 0.3) is 0 Å². The van der Waals surface area contributed by atoms with E-state index in [2.05, 4.69) is 10.2 Å². The molecule has 0 bridgehead atoms. The zero-order chi connectivity index (χ0) is 6.85. The molecule has 0 unspecified atom stereocenters. The molecular weight excluding hydrogens is 133 g/mol. The lowest BCUT2D eigenvalue weighted by Crippen LogP contribution is -1.85. The molecular formula is C4H8BN3S. The highest BCUT2D eigenvalue weighted by molar-refractivity contribution is 8.19. The third-order valence-corrected chi connectivity index (χ3v) is 1.98. The largest absolute Gasteiger partial charge is 0.384 e. The molecule has 3 N–H and O–H groups in total. The monoisotopic (exact) mass is 141 g/mol. The second-order valence-corrected chi connectivity index (χ2v) is 2.57. The van der Waals surface area contributed by atoms with Crippen molar-refractivity contribution in [3.63, 3.8) is 0 Å². The van der Waals surface area contributed by atoms with Crippen LogP contribution >= 0.6 is 11.6 Å². The zero-order valence-corrected chi connectivity index (χ0v) is 6.25. The van der Waals surface area contributed by atoms with E-state index in [0.29, 0.717) is 5.82 Å². The van der Waals surface area contributed by atoms with Crippen molar-refractivity contribution in [3.05, 3.63) is 5.56 Å². The number of nitrogens with two attached hydrogens (primary N) is 1. The average Bonchev–Trinajstić information content (AvgIpc) is 2.15. The molecule has 0 saturated carbocycles. The lowest BCUT2D eigenvalue weighted by atomic mass is 10.4. The number of H-pyrrole nitrogens is 1. The first kappa shape index (κ1) is 6.54. The number of aromatic nitrogens is 2. The Morgan fingerprint density at radius 2 is 2.44 bits per heavy atom. The normalized spacial score (nSPS) is 9.89. The quantitative estimate of drug-likeness (QED) is 0.538. The predicted molar refractivity (Wildman–Crippen MR) is 42.1 cm³/mol. The molecule has 1 rings (SSSR count). The summed E-state index contributed by atoms with van der Waals surface area (Å²) in [6.07, 6.45) is 0. The number of nitrogens with zero attached hydrogens (tertiary/aromatic N) is 1. The van der Waals surface area contributed by atoms with Crippen molar-refractivity contribution < 1.29 is 0 Å². The Kier molecular flexibility index (Phi) is 1.71. The maximum Gasteiger partial charge on any atom is 0.182 e. The van der Waals surface area contributed by atoms with Crippen LogP contribution in [-0.4, -0.2) is 17.3 Å². The molecule has 0 spiro atoms. The van der Waals surface area contributed by atoms with Crippen molar-refractivity contribution in [1.82, 2.24) is 10.2 Å². The molecule has 0 aromatic carbocycles. The summed E-state index contributed by atoms with van der Waals surface area (Å²) in [5.41, 5.74) is 6.53. The molecule has 0 fully saturated rings. The molecule has 0 radical (unpaired) electrons. The average molecular weight is 141 g/mol. The SMILES string of the molecule is BSc1n[nH]c(N)c1C. The molecule has 5 heteroatoms. The molecule has 9 heavy (non-hydrogen) atoms. The van der Waals surface area contributed by atoms with E-state index in [9.17, 15) is 0 Å². The second kappa shape index (κ2) is 2.35. The first-order valence-electron chi connectivity index (χ1n) is 2.60. The number of anilines is 1. The zero-order valence-electron chi connectivity index (χ0n) is 5.43. The van der Waals surface area contributed by atoms with Gasteiger partial charge < -0.3 is 5.73 Å². The molecule has 0 aliphatic heterocycles. The van der Waals surface area contributed by atoms with Gasteiger partial charge in [-0.05, 0) is 6.92 Å². The van der Waals surface area contributed by atoms with E-state index >= 15 is 0 Å². The topological polar surface area (TPSA) is 54.7 Å². The Morgan fingerprint density at radius 1 is 1.78 bits per heavy atom. The van der Waals surface area contributed by atoms with Gasteiger partial charge in [-0.25, -0.2) is 0 Å². The predicted octanol–water partition coefficient (Wildman–Crippen LogP) is -0.0595. The highest BCUT2D eigenvalue weighted by Gasteiger charge is 2.01. The van der Waals surface area contributed by atoms with Gasteiger partial charge in [-0.3, -0.25) is 5.10 Å². The Bertz CT molecular complexity index is 210. The van der Waals surface area contributed by atoms with Crippen LogP contribution in [-0.2, 0) is 0 Å². The Balaban J connectivity index is 3.04. The van der Waals surface area contributed by atoms with E-state index < -0.39 is 0 Å². The fourth-order valence-corrected chi connectivity index (χ4v) is 1.15. The van der Waals surface area contributed by atoms with Crippen LogP contribution in [0.25, 0.3) is 0 Å². The number of aromatic amines is 1. The number of nitrogens with one attached hydrogen (secondary N) is 1. The van der Waals surface area contributed by atoms with Gasteiger partial charge >= 0.3 is 0 Å². The third kappa shape index (κ3) is 1.05. The van der Waals surface area contributed by atoms with Crippen molar-refractivity contribution in [3.8, 4) is 0 Å². The maximum absolute atomic E-state index is 5.48. The van der Waals surface area contributed by atoms with Gasteiger partial charge in [0.15, 0.2) is 7.12 Å². The molecule has 0 atom stereocenters. The van der Waals surface area contributed by atoms with Crippen LogP contribution < -0.4 is 5.73 Å². The summed E-state index contributed by atoms with van der Waals surface area (Å²) < 4.78 is 0. The van der Waals surface area contributed by atoms with E-state index in [1.54, 1.807) is 11.6 Å².